The van der Waals surface area contributed by atoms with Gasteiger partial charge >= 0.3 is 6.09 Å². The van der Waals surface area contributed by atoms with E-state index in [1.54, 1.807) is 26.4 Å². The summed E-state index contributed by atoms with van der Waals surface area (Å²) in [5.74, 6) is 2.04. The first-order valence-electron chi connectivity index (χ1n) is 10.7. The van der Waals surface area contributed by atoms with Crippen LogP contribution in [0.1, 0.15) is 11.1 Å². The summed E-state index contributed by atoms with van der Waals surface area (Å²) in [5.41, 5.74) is 4.82. The first-order chi connectivity index (χ1) is 16.4. The quantitative estimate of drug-likeness (QED) is 0.405. The Kier molecular flexibility index (Phi) is 6.27. The highest BCUT2D eigenvalue weighted by atomic mass is 16.5. The van der Waals surface area contributed by atoms with Gasteiger partial charge in [-0.1, -0.05) is 0 Å². The van der Waals surface area contributed by atoms with E-state index < -0.39 is 6.09 Å². The molecule has 0 aliphatic heterocycles. The smallest absolute Gasteiger partial charge is 0.420 e. The van der Waals surface area contributed by atoms with Gasteiger partial charge in [-0.3, -0.25) is 0 Å². The van der Waals surface area contributed by atoms with Crippen molar-refractivity contribution in [2.24, 2.45) is 0 Å². The molecule has 4 rings (SSSR count). The Morgan fingerprint density at radius 1 is 0.794 bits per heavy atom. The summed E-state index contributed by atoms with van der Waals surface area (Å²) in [6.45, 7) is 3.62. The molecule has 3 aromatic carbocycles. The number of carbonyl (C=O) groups is 1. The van der Waals surface area contributed by atoms with Crippen LogP contribution in [0.3, 0.4) is 0 Å². The fourth-order valence-electron chi connectivity index (χ4n) is 3.93. The molecule has 1 heterocycles. The number of nitrogens with zero attached hydrogens (tertiary/aromatic N) is 2. The van der Waals surface area contributed by atoms with Gasteiger partial charge in [-0.2, -0.15) is 0 Å². The lowest BCUT2D eigenvalue weighted by Crippen LogP contribution is -2.14. The Balaban J connectivity index is 2.05. The number of aromatic nitrogens is 2. The maximum Gasteiger partial charge on any atom is 0.420 e. The minimum absolute atomic E-state index is 0.214. The summed E-state index contributed by atoms with van der Waals surface area (Å²) >= 11 is 0. The number of ether oxygens (including phenoxy) is 3. The highest BCUT2D eigenvalue weighted by molar-refractivity contribution is 5.91. The van der Waals surface area contributed by atoms with Gasteiger partial charge in [-0.05, 0) is 85.6 Å². The summed E-state index contributed by atoms with van der Waals surface area (Å²) in [4.78, 5) is 18.0. The van der Waals surface area contributed by atoms with E-state index in [1.807, 2.05) is 62.4 Å². The van der Waals surface area contributed by atoms with Crippen molar-refractivity contribution in [3.63, 3.8) is 0 Å². The lowest BCUT2D eigenvalue weighted by atomic mass is 10.0. The molecule has 34 heavy (non-hydrogen) atoms. The lowest BCUT2D eigenvalue weighted by molar-refractivity contribution is 0.173. The number of carbonyl (C=O) groups excluding carboxylic acids is 1. The van der Waals surface area contributed by atoms with Crippen LogP contribution in [0.15, 0.2) is 60.7 Å². The molecule has 0 aliphatic carbocycles. The van der Waals surface area contributed by atoms with Gasteiger partial charge in [0.25, 0.3) is 0 Å². The van der Waals surface area contributed by atoms with Crippen molar-refractivity contribution in [3.8, 4) is 51.2 Å². The van der Waals surface area contributed by atoms with Crippen LogP contribution in [-0.2, 0) is 4.74 Å². The molecule has 1 aromatic heterocycles. The molecule has 0 fully saturated rings. The zero-order valence-corrected chi connectivity index (χ0v) is 19.7. The molecule has 174 valence electrons. The third-order valence-electron chi connectivity index (χ3n) is 5.71. The highest BCUT2D eigenvalue weighted by Gasteiger charge is 2.26. The van der Waals surface area contributed by atoms with Crippen molar-refractivity contribution in [3.05, 3.63) is 71.8 Å². The van der Waals surface area contributed by atoms with Crippen molar-refractivity contribution in [2.75, 3.05) is 21.3 Å². The summed E-state index contributed by atoms with van der Waals surface area (Å²) in [5, 5.41) is 10.3. The number of hydrogen-bond donors (Lipinski definition) is 1. The molecule has 0 bridgehead atoms. The fraction of sp³-hybridized carbons (Fsp3) is 0.185. The molecule has 0 atom stereocenters. The monoisotopic (exact) mass is 458 g/mol. The SMILES string of the molecule is COC(=O)n1c(-c2cc(C)c(O)c(C)c2)nc(-c2ccc(OC)cc2)c1-c1ccc(OC)cc1. The molecule has 4 aromatic rings. The van der Waals surface area contributed by atoms with Gasteiger partial charge in [0, 0.05) is 16.7 Å². The van der Waals surface area contributed by atoms with Gasteiger partial charge in [0.2, 0.25) is 0 Å². The number of benzene rings is 3. The largest absolute Gasteiger partial charge is 0.507 e. The summed E-state index contributed by atoms with van der Waals surface area (Å²) in [7, 11) is 4.55. The van der Waals surface area contributed by atoms with E-state index in [9.17, 15) is 9.90 Å². The third kappa shape index (κ3) is 4.08. The molecular weight excluding hydrogens is 432 g/mol. The highest BCUT2D eigenvalue weighted by Crippen LogP contribution is 2.39. The first-order valence-corrected chi connectivity index (χ1v) is 10.7. The number of aromatic hydroxyl groups is 1. The van der Waals surface area contributed by atoms with Gasteiger partial charge < -0.3 is 19.3 Å². The molecule has 0 unspecified atom stereocenters. The van der Waals surface area contributed by atoms with E-state index in [2.05, 4.69) is 0 Å². The minimum Gasteiger partial charge on any atom is -0.507 e. The Morgan fingerprint density at radius 3 is 1.76 bits per heavy atom. The number of aryl methyl sites for hydroxylation is 2. The summed E-state index contributed by atoms with van der Waals surface area (Å²) < 4.78 is 17.2. The Labute approximate surface area is 198 Å². The topological polar surface area (TPSA) is 82.8 Å². The molecule has 1 N–H and O–H groups in total. The van der Waals surface area contributed by atoms with E-state index in [1.165, 1.54) is 11.7 Å². The maximum atomic E-state index is 13.1. The van der Waals surface area contributed by atoms with Gasteiger partial charge in [0.05, 0.1) is 32.7 Å². The second-order valence-corrected chi connectivity index (χ2v) is 7.85. The van der Waals surface area contributed by atoms with Crippen LogP contribution < -0.4 is 9.47 Å². The average molecular weight is 459 g/mol. The van der Waals surface area contributed by atoms with E-state index >= 15 is 0 Å². The number of rotatable bonds is 5. The van der Waals surface area contributed by atoms with Crippen LogP contribution in [0.4, 0.5) is 4.79 Å². The van der Waals surface area contributed by atoms with Crippen LogP contribution >= 0.6 is 0 Å². The normalized spacial score (nSPS) is 10.7. The molecule has 0 amide bonds. The summed E-state index contributed by atoms with van der Waals surface area (Å²) in [6, 6.07) is 18.5. The average Bonchev–Trinajstić information content (AvgIpc) is 3.27. The fourth-order valence-corrected chi connectivity index (χ4v) is 3.93. The molecule has 7 nitrogen and oxygen atoms in total. The van der Waals surface area contributed by atoms with Gasteiger partial charge in [0.15, 0.2) is 5.82 Å². The number of imidazole rings is 1. The van der Waals surface area contributed by atoms with Crippen molar-refractivity contribution < 1.29 is 24.1 Å². The first kappa shape index (κ1) is 22.9. The van der Waals surface area contributed by atoms with Crippen LogP contribution in [0.5, 0.6) is 17.2 Å². The zero-order chi connectivity index (χ0) is 24.4. The van der Waals surface area contributed by atoms with Crippen molar-refractivity contribution in [1.29, 1.82) is 0 Å². The Morgan fingerprint density at radius 2 is 1.29 bits per heavy atom. The molecule has 0 aliphatic rings. The molecule has 0 spiro atoms. The van der Waals surface area contributed by atoms with E-state index in [0.29, 0.717) is 45.4 Å². The second-order valence-electron chi connectivity index (χ2n) is 7.85. The molecule has 7 heteroatoms. The Bertz CT molecular complexity index is 1320. The maximum absolute atomic E-state index is 13.1. The predicted octanol–water partition coefficient (Wildman–Crippen LogP) is 5.84. The second kappa shape index (κ2) is 9.31. The number of phenols is 1. The summed E-state index contributed by atoms with van der Waals surface area (Å²) in [6.07, 6.45) is -0.573. The van der Waals surface area contributed by atoms with Gasteiger partial charge in [-0.15, -0.1) is 0 Å². The molecule has 0 saturated heterocycles. The Hall–Kier alpha value is -4.26. The number of methoxy groups -OCH3 is 3. The van der Waals surface area contributed by atoms with Crippen LogP contribution in [0.2, 0.25) is 0 Å². The number of phenolic OH excluding ortho intramolecular Hbond substituents is 1. The van der Waals surface area contributed by atoms with Crippen molar-refractivity contribution in [1.82, 2.24) is 9.55 Å². The van der Waals surface area contributed by atoms with E-state index in [0.717, 1.165) is 11.1 Å². The van der Waals surface area contributed by atoms with Crippen LogP contribution in [0.25, 0.3) is 33.9 Å². The standard InChI is InChI=1S/C27H26N2O5/c1-16-14-20(15-17(2)25(16)30)26-28-23(18-6-10-21(32-3)11-7-18)24(29(26)27(31)34-5)19-8-12-22(33-4)13-9-19/h6-15,30H,1-5H3. The molecule has 0 radical (unpaired) electrons. The molecule has 0 saturated carbocycles. The third-order valence-corrected chi connectivity index (χ3v) is 5.71. The van der Waals surface area contributed by atoms with Crippen molar-refractivity contribution in [2.45, 2.75) is 13.8 Å². The number of hydrogen-bond acceptors (Lipinski definition) is 6. The van der Waals surface area contributed by atoms with Crippen molar-refractivity contribution >= 4 is 6.09 Å². The van der Waals surface area contributed by atoms with E-state index in [-0.39, 0.29) is 5.75 Å². The van der Waals surface area contributed by atoms with Gasteiger partial charge in [-0.25, -0.2) is 14.3 Å². The van der Waals surface area contributed by atoms with Crippen LogP contribution in [-0.4, -0.2) is 42.1 Å². The lowest BCUT2D eigenvalue weighted by Gasteiger charge is -2.12. The minimum atomic E-state index is -0.573. The molecular formula is C27H26N2O5. The zero-order valence-electron chi connectivity index (χ0n) is 19.7. The van der Waals surface area contributed by atoms with E-state index in [4.69, 9.17) is 19.2 Å². The predicted molar refractivity (Wildman–Crippen MR) is 131 cm³/mol. The van der Waals surface area contributed by atoms with Gasteiger partial charge in [0.1, 0.15) is 17.2 Å². The van der Waals surface area contributed by atoms with Crippen LogP contribution in [0, 0.1) is 13.8 Å².